The molecule has 0 unspecified atom stereocenters. The Morgan fingerprint density at radius 2 is 1.27 bits per heavy atom. The zero-order valence-corrected chi connectivity index (χ0v) is 9.06. The molecule has 0 fully saturated rings. The average Bonchev–Trinajstić information content (AvgIpc) is 2.32. The predicted molar refractivity (Wildman–Crippen MR) is 64.9 cm³/mol. The van der Waals surface area contributed by atoms with Crippen molar-refractivity contribution in [1.82, 2.24) is 0 Å². The van der Waals surface area contributed by atoms with Gasteiger partial charge in [0.05, 0.1) is 5.69 Å². The Labute approximate surface area is 94.9 Å². The van der Waals surface area contributed by atoms with E-state index in [0.717, 1.165) is 4.90 Å². The maximum atomic E-state index is 6.57. The van der Waals surface area contributed by atoms with E-state index in [2.05, 4.69) is 17.7 Å². The second-order valence-electron chi connectivity index (χ2n) is 2.78. The largest absolute Gasteiger partial charge is 0.204 e. The highest BCUT2D eigenvalue weighted by Gasteiger charge is 1.78. The molecular weight excluding hydrogens is 204 g/mol. The van der Waals surface area contributed by atoms with Gasteiger partial charge in [0.2, 0.25) is 0 Å². The van der Waals surface area contributed by atoms with Crippen molar-refractivity contribution in [2.45, 2.75) is 4.90 Å². The SMILES string of the molecule is N=Nc1ccccc1.Sc1ccccc1. The zero-order valence-electron chi connectivity index (χ0n) is 8.17. The lowest BCUT2D eigenvalue weighted by Crippen LogP contribution is -1.56. The molecule has 76 valence electrons. The maximum absolute atomic E-state index is 6.57. The second kappa shape index (κ2) is 6.79. The van der Waals surface area contributed by atoms with Crippen molar-refractivity contribution in [3.63, 3.8) is 0 Å². The van der Waals surface area contributed by atoms with Crippen LogP contribution in [0.15, 0.2) is 70.7 Å². The predicted octanol–water partition coefficient (Wildman–Crippen LogP) is 4.32. The van der Waals surface area contributed by atoms with Gasteiger partial charge in [0, 0.05) is 4.90 Å². The van der Waals surface area contributed by atoms with E-state index in [-0.39, 0.29) is 0 Å². The third-order valence-corrected chi connectivity index (χ3v) is 1.94. The molecule has 0 atom stereocenters. The van der Waals surface area contributed by atoms with E-state index in [1.165, 1.54) is 0 Å². The molecule has 0 amide bonds. The summed E-state index contributed by atoms with van der Waals surface area (Å²) in [7, 11) is 0. The number of para-hydroxylation sites is 1. The van der Waals surface area contributed by atoms with E-state index in [1.54, 1.807) is 12.1 Å². The molecule has 2 aromatic carbocycles. The molecule has 0 aromatic heterocycles. The Hall–Kier alpha value is -1.61. The van der Waals surface area contributed by atoms with Gasteiger partial charge in [0.1, 0.15) is 0 Å². The molecule has 1 N–H and O–H groups in total. The molecule has 3 heteroatoms. The number of thiol groups is 1. The van der Waals surface area contributed by atoms with Crippen LogP contribution in [0, 0.1) is 5.53 Å². The summed E-state index contributed by atoms with van der Waals surface area (Å²) in [5.74, 6) is 0. The van der Waals surface area contributed by atoms with Crippen LogP contribution in [0.5, 0.6) is 0 Å². The Balaban J connectivity index is 0.000000151. The van der Waals surface area contributed by atoms with Crippen LogP contribution in [0.1, 0.15) is 0 Å². The highest BCUT2D eigenvalue weighted by molar-refractivity contribution is 7.80. The maximum Gasteiger partial charge on any atom is 0.0849 e. The van der Waals surface area contributed by atoms with Crippen molar-refractivity contribution in [2.24, 2.45) is 5.11 Å². The minimum atomic E-state index is 0.701. The van der Waals surface area contributed by atoms with Gasteiger partial charge in [-0.15, -0.1) is 12.6 Å². The van der Waals surface area contributed by atoms with Crippen LogP contribution in [0.2, 0.25) is 0 Å². The summed E-state index contributed by atoms with van der Waals surface area (Å²) in [4.78, 5) is 1.02. The Kier molecular flexibility index (Phi) is 5.19. The molecule has 2 nitrogen and oxygen atoms in total. The third kappa shape index (κ3) is 4.98. The first kappa shape index (κ1) is 11.5. The second-order valence-corrected chi connectivity index (χ2v) is 3.30. The number of nitrogens with one attached hydrogen (secondary N) is 1. The van der Waals surface area contributed by atoms with Gasteiger partial charge >= 0.3 is 0 Å². The van der Waals surface area contributed by atoms with E-state index >= 15 is 0 Å². The molecule has 15 heavy (non-hydrogen) atoms. The molecule has 0 aliphatic heterocycles. The van der Waals surface area contributed by atoms with Crippen LogP contribution < -0.4 is 0 Å². The van der Waals surface area contributed by atoms with Crippen molar-refractivity contribution < 1.29 is 0 Å². The molecule has 0 radical (unpaired) electrons. The van der Waals surface area contributed by atoms with E-state index in [9.17, 15) is 0 Å². The van der Waals surface area contributed by atoms with Gasteiger partial charge in [-0.3, -0.25) is 0 Å². The van der Waals surface area contributed by atoms with Crippen LogP contribution in [0.4, 0.5) is 5.69 Å². The summed E-state index contributed by atoms with van der Waals surface area (Å²) in [5.41, 5.74) is 7.27. The number of rotatable bonds is 1. The van der Waals surface area contributed by atoms with Crippen molar-refractivity contribution in [3.05, 3.63) is 60.7 Å². The number of benzene rings is 2. The highest BCUT2D eigenvalue weighted by atomic mass is 32.1. The molecule has 0 bridgehead atoms. The van der Waals surface area contributed by atoms with E-state index in [0.29, 0.717) is 5.69 Å². The summed E-state index contributed by atoms with van der Waals surface area (Å²) < 4.78 is 0. The highest BCUT2D eigenvalue weighted by Crippen LogP contribution is 2.07. The van der Waals surface area contributed by atoms with E-state index in [1.807, 2.05) is 48.5 Å². The zero-order chi connectivity index (χ0) is 10.9. The molecule has 0 aliphatic carbocycles. The topological polar surface area (TPSA) is 36.2 Å². The molecular formula is C12H12N2S. The first-order valence-electron chi connectivity index (χ1n) is 4.49. The molecule has 0 aliphatic rings. The lowest BCUT2D eigenvalue weighted by Gasteiger charge is -1.83. The van der Waals surface area contributed by atoms with Gasteiger partial charge < -0.3 is 0 Å². The summed E-state index contributed by atoms with van der Waals surface area (Å²) >= 11 is 4.08. The van der Waals surface area contributed by atoms with Gasteiger partial charge in [0.15, 0.2) is 0 Å². The number of hydrogen-bond donors (Lipinski definition) is 2. The smallest absolute Gasteiger partial charge is 0.0849 e. The minimum absolute atomic E-state index is 0.701. The fourth-order valence-corrected chi connectivity index (χ4v) is 1.10. The Morgan fingerprint density at radius 3 is 1.53 bits per heavy atom. The van der Waals surface area contributed by atoms with Crippen molar-refractivity contribution >= 4 is 18.3 Å². The van der Waals surface area contributed by atoms with Crippen LogP contribution in [-0.2, 0) is 0 Å². The third-order valence-electron chi connectivity index (χ3n) is 1.64. The first-order valence-corrected chi connectivity index (χ1v) is 4.94. The Morgan fingerprint density at radius 1 is 0.800 bits per heavy atom. The fourth-order valence-electron chi connectivity index (χ4n) is 0.931. The summed E-state index contributed by atoms with van der Waals surface area (Å²) in [5, 5.41) is 3.22. The first-order chi connectivity index (χ1) is 7.33. The van der Waals surface area contributed by atoms with Crippen LogP contribution >= 0.6 is 12.6 Å². The molecule has 0 heterocycles. The van der Waals surface area contributed by atoms with Gasteiger partial charge in [-0.1, -0.05) is 36.4 Å². The summed E-state index contributed by atoms with van der Waals surface area (Å²) in [6.45, 7) is 0. The number of nitrogens with zero attached hydrogens (tertiary/aromatic N) is 1. The monoisotopic (exact) mass is 216 g/mol. The van der Waals surface area contributed by atoms with Crippen molar-refractivity contribution in [3.8, 4) is 0 Å². The lowest BCUT2D eigenvalue weighted by molar-refractivity contribution is 1.15. The quantitative estimate of drug-likeness (QED) is 0.526. The normalized spacial score (nSPS) is 8.60. The van der Waals surface area contributed by atoms with E-state index < -0.39 is 0 Å². The standard InChI is InChI=1S/C6H6N2.C6H6S/c7-8-6-4-2-1-3-5-6;7-6-4-2-1-3-5-6/h1-5,7H;1-5,7H. The van der Waals surface area contributed by atoms with Gasteiger partial charge in [-0.25, -0.2) is 5.53 Å². The van der Waals surface area contributed by atoms with E-state index in [4.69, 9.17) is 5.53 Å². The van der Waals surface area contributed by atoms with Crippen LogP contribution in [-0.4, -0.2) is 0 Å². The molecule has 0 saturated heterocycles. The molecule has 0 saturated carbocycles. The lowest BCUT2D eigenvalue weighted by atomic mass is 10.3. The fraction of sp³-hybridized carbons (Fsp3) is 0. The van der Waals surface area contributed by atoms with Crippen LogP contribution in [0.25, 0.3) is 0 Å². The van der Waals surface area contributed by atoms with Crippen LogP contribution in [0.3, 0.4) is 0 Å². The number of hydrogen-bond acceptors (Lipinski definition) is 3. The van der Waals surface area contributed by atoms with Crippen molar-refractivity contribution in [2.75, 3.05) is 0 Å². The minimum Gasteiger partial charge on any atom is -0.204 e. The summed E-state index contributed by atoms with van der Waals surface area (Å²) in [6.07, 6.45) is 0. The van der Waals surface area contributed by atoms with Gasteiger partial charge in [-0.2, -0.15) is 5.11 Å². The Bertz CT molecular complexity index is 387. The molecule has 0 spiro atoms. The summed E-state index contributed by atoms with van der Waals surface area (Å²) in [6, 6.07) is 19.0. The van der Waals surface area contributed by atoms with Gasteiger partial charge in [0.25, 0.3) is 0 Å². The van der Waals surface area contributed by atoms with Crippen molar-refractivity contribution in [1.29, 1.82) is 5.53 Å². The molecule has 2 aromatic rings. The molecule has 2 rings (SSSR count). The van der Waals surface area contributed by atoms with Gasteiger partial charge in [-0.05, 0) is 24.3 Å². The average molecular weight is 216 g/mol.